The van der Waals surface area contributed by atoms with Gasteiger partial charge in [0, 0.05) is 34.4 Å². The van der Waals surface area contributed by atoms with Gasteiger partial charge < -0.3 is 28.4 Å². The molecule has 262 valence electrons. The van der Waals surface area contributed by atoms with Crippen molar-refractivity contribution in [2.75, 3.05) is 39.6 Å². The molecule has 0 radical (unpaired) electrons. The summed E-state index contributed by atoms with van der Waals surface area (Å²) < 4.78 is 35.9. The Labute approximate surface area is 286 Å². The van der Waals surface area contributed by atoms with Gasteiger partial charge in [0.25, 0.3) is 0 Å². The molecule has 0 saturated carbocycles. The van der Waals surface area contributed by atoms with Crippen molar-refractivity contribution in [3.63, 3.8) is 0 Å². The average molecular weight is 663 g/mol. The van der Waals surface area contributed by atoms with Crippen LogP contribution in [0.1, 0.15) is 78.1 Å². The fourth-order valence-corrected chi connectivity index (χ4v) is 5.39. The quantitative estimate of drug-likeness (QED) is 0.0364. The summed E-state index contributed by atoms with van der Waals surface area (Å²) >= 11 is 0. The SMILES string of the molecule is C=CCOCC(COc1c2ccccc2c(OCC(COCC=C)OC(=O)CCCCCC)c2ccccc12)OC(=O)CCCCCC. The molecule has 2 unspecified atom stereocenters. The van der Waals surface area contributed by atoms with Crippen LogP contribution >= 0.6 is 0 Å². The first-order valence-electron chi connectivity index (χ1n) is 17.5. The third kappa shape index (κ3) is 13.0. The molecule has 0 aliphatic carbocycles. The largest absolute Gasteiger partial charge is 0.488 e. The van der Waals surface area contributed by atoms with Crippen LogP contribution < -0.4 is 9.47 Å². The summed E-state index contributed by atoms with van der Waals surface area (Å²) in [5.74, 6) is 0.804. The lowest BCUT2D eigenvalue weighted by Gasteiger charge is -2.23. The van der Waals surface area contributed by atoms with Gasteiger partial charge in [0.15, 0.2) is 12.2 Å². The Hall–Kier alpha value is -3.88. The van der Waals surface area contributed by atoms with Crippen molar-refractivity contribution >= 4 is 33.5 Å². The van der Waals surface area contributed by atoms with Gasteiger partial charge in [-0.05, 0) is 12.8 Å². The first-order chi connectivity index (χ1) is 23.5. The number of benzene rings is 3. The van der Waals surface area contributed by atoms with E-state index in [1.165, 1.54) is 0 Å². The van der Waals surface area contributed by atoms with Gasteiger partial charge in [0.1, 0.15) is 24.7 Å². The topological polar surface area (TPSA) is 89.5 Å². The predicted molar refractivity (Wildman–Crippen MR) is 192 cm³/mol. The number of rotatable bonds is 26. The molecule has 8 nitrogen and oxygen atoms in total. The first-order valence-corrected chi connectivity index (χ1v) is 17.5. The minimum Gasteiger partial charge on any atom is -0.488 e. The van der Waals surface area contributed by atoms with Crippen LogP contribution in [-0.2, 0) is 28.5 Å². The Kier molecular flexibility index (Phi) is 18.2. The highest BCUT2D eigenvalue weighted by atomic mass is 16.6. The highest BCUT2D eigenvalue weighted by Gasteiger charge is 2.22. The summed E-state index contributed by atoms with van der Waals surface area (Å²) in [5.41, 5.74) is 0. The van der Waals surface area contributed by atoms with Crippen LogP contribution in [0.3, 0.4) is 0 Å². The van der Waals surface area contributed by atoms with Gasteiger partial charge in [-0.1, -0.05) is 113 Å². The van der Waals surface area contributed by atoms with E-state index in [-0.39, 0.29) is 38.4 Å². The van der Waals surface area contributed by atoms with Crippen LogP contribution in [0.15, 0.2) is 73.8 Å². The summed E-state index contributed by atoms with van der Waals surface area (Å²) in [6, 6.07) is 15.7. The maximum absolute atomic E-state index is 12.7. The van der Waals surface area contributed by atoms with Crippen LogP contribution in [0, 0.1) is 0 Å². The van der Waals surface area contributed by atoms with Gasteiger partial charge in [-0.25, -0.2) is 0 Å². The van der Waals surface area contributed by atoms with E-state index in [0.29, 0.717) is 37.6 Å². The molecule has 0 aliphatic rings. The van der Waals surface area contributed by atoms with E-state index in [1.54, 1.807) is 12.2 Å². The molecule has 2 atom stereocenters. The van der Waals surface area contributed by atoms with Crippen LogP contribution in [0.5, 0.6) is 11.5 Å². The lowest BCUT2D eigenvalue weighted by atomic mass is 10.0. The Morgan fingerprint density at radius 3 is 1.29 bits per heavy atom. The number of unbranched alkanes of at least 4 members (excludes halogenated alkanes) is 6. The van der Waals surface area contributed by atoms with E-state index in [9.17, 15) is 9.59 Å². The fraction of sp³-hybridized carbons (Fsp3) is 0.500. The Morgan fingerprint density at radius 2 is 0.958 bits per heavy atom. The first kappa shape index (κ1) is 38.6. The van der Waals surface area contributed by atoms with Crippen LogP contribution in [0.2, 0.25) is 0 Å². The Morgan fingerprint density at radius 1 is 0.583 bits per heavy atom. The molecule has 0 saturated heterocycles. The van der Waals surface area contributed by atoms with Gasteiger partial charge in [0.05, 0.1) is 26.4 Å². The van der Waals surface area contributed by atoms with E-state index in [1.807, 2.05) is 48.5 Å². The molecule has 3 aromatic rings. The monoisotopic (exact) mass is 662 g/mol. The number of hydrogen-bond acceptors (Lipinski definition) is 8. The van der Waals surface area contributed by atoms with Gasteiger partial charge in [-0.3, -0.25) is 9.59 Å². The summed E-state index contributed by atoms with van der Waals surface area (Å²) in [6.45, 7) is 13.0. The number of ether oxygens (including phenoxy) is 6. The minimum atomic E-state index is -0.593. The number of carbonyl (C=O) groups is 2. The molecule has 0 spiro atoms. The van der Waals surface area contributed by atoms with E-state index >= 15 is 0 Å². The third-order valence-electron chi connectivity index (χ3n) is 7.80. The number of fused-ring (bicyclic) bond motifs is 2. The van der Waals surface area contributed by atoms with Crippen molar-refractivity contribution in [1.82, 2.24) is 0 Å². The summed E-state index contributed by atoms with van der Waals surface area (Å²) in [5, 5.41) is 3.37. The number of carbonyl (C=O) groups excluding carboxylic acids is 2. The van der Waals surface area contributed by atoms with Crippen molar-refractivity contribution in [1.29, 1.82) is 0 Å². The zero-order valence-electron chi connectivity index (χ0n) is 28.9. The molecule has 0 bridgehead atoms. The van der Waals surface area contributed by atoms with Gasteiger partial charge in [-0.15, -0.1) is 13.2 Å². The lowest BCUT2D eigenvalue weighted by Crippen LogP contribution is -2.30. The molecule has 0 fully saturated rings. The highest BCUT2D eigenvalue weighted by molar-refractivity contribution is 6.11. The van der Waals surface area contributed by atoms with Crippen molar-refractivity contribution < 1.29 is 38.0 Å². The second kappa shape index (κ2) is 22.6. The molecule has 0 aromatic heterocycles. The lowest BCUT2D eigenvalue weighted by molar-refractivity contribution is -0.154. The Bertz CT molecular complexity index is 1250. The maximum Gasteiger partial charge on any atom is 0.306 e. The summed E-state index contributed by atoms with van der Waals surface area (Å²) in [4.78, 5) is 25.3. The normalized spacial score (nSPS) is 12.4. The minimum absolute atomic E-state index is 0.114. The number of esters is 2. The predicted octanol–water partition coefficient (Wildman–Crippen LogP) is 8.92. The summed E-state index contributed by atoms with van der Waals surface area (Å²) in [6.07, 6.45) is 10.8. The standard InChI is InChI=1S/C40H54O8/c1-5-9-11-13-23-37(41)47-31(27-43-25-7-3)29-45-39-33-19-15-17-21-35(33)40(36-22-18-16-20-34(36)39)46-30-32(28-44-26-8-4)48-38(42)24-14-12-10-6-2/h7-8,15-22,31-32H,3-6,9-14,23-30H2,1-2H3. The average Bonchev–Trinajstić information content (AvgIpc) is 3.09. The number of hydrogen-bond donors (Lipinski definition) is 0. The molecule has 0 aliphatic heterocycles. The molecular weight excluding hydrogens is 608 g/mol. The molecule has 0 amide bonds. The molecule has 8 heteroatoms. The van der Waals surface area contributed by atoms with Crippen LogP contribution in [0.4, 0.5) is 0 Å². The second-order valence-electron chi connectivity index (χ2n) is 11.9. The van der Waals surface area contributed by atoms with Crippen molar-refractivity contribution in [2.45, 2.75) is 90.3 Å². The highest BCUT2D eigenvalue weighted by Crippen LogP contribution is 2.42. The van der Waals surface area contributed by atoms with Crippen molar-refractivity contribution in [3.8, 4) is 11.5 Å². The molecule has 0 heterocycles. The summed E-state index contributed by atoms with van der Waals surface area (Å²) in [7, 11) is 0. The zero-order valence-corrected chi connectivity index (χ0v) is 28.9. The fourth-order valence-electron chi connectivity index (χ4n) is 5.39. The smallest absolute Gasteiger partial charge is 0.306 e. The van der Waals surface area contributed by atoms with Gasteiger partial charge in [0.2, 0.25) is 0 Å². The van der Waals surface area contributed by atoms with Gasteiger partial charge >= 0.3 is 11.9 Å². The van der Waals surface area contributed by atoms with Crippen LogP contribution in [-0.4, -0.2) is 63.8 Å². The molecule has 48 heavy (non-hydrogen) atoms. The van der Waals surface area contributed by atoms with E-state index < -0.39 is 12.2 Å². The van der Waals surface area contributed by atoms with E-state index in [2.05, 4.69) is 27.0 Å². The van der Waals surface area contributed by atoms with E-state index in [0.717, 1.165) is 72.9 Å². The van der Waals surface area contributed by atoms with Crippen molar-refractivity contribution in [2.24, 2.45) is 0 Å². The van der Waals surface area contributed by atoms with E-state index in [4.69, 9.17) is 28.4 Å². The second-order valence-corrected chi connectivity index (χ2v) is 11.9. The molecule has 3 aromatic carbocycles. The molecule has 0 N–H and O–H groups in total. The van der Waals surface area contributed by atoms with Crippen molar-refractivity contribution in [3.05, 3.63) is 73.8 Å². The molecular formula is C40H54O8. The molecule has 3 rings (SSSR count). The zero-order chi connectivity index (χ0) is 34.4. The maximum atomic E-state index is 12.7. The van der Waals surface area contributed by atoms with Gasteiger partial charge in [-0.2, -0.15) is 0 Å². The third-order valence-corrected chi connectivity index (χ3v) is 7.80. The Balaban J connectivity index is 1.84. The van der Waals surface area contributed by atoms with Crippen LogP contribution in [0.25, 0.3) is 21.5 Å².